The molecule has 57 heavy (non-hydrogen) atoms. The number of cyclic esters (lactones) is 1. The Bertz CT molecular complexity index is 1770. The monoisotopic (exact) mass is 812 g/mol. The number of carbonyl (C=O) groups excluding carboxylic acids is 6. The Morgan fingerprint density at radius 1 is 0.912 bits per heavy atom. The molecule has 1 unspecified atom stereocenters. The maximum absolute atomic E-state index is 14.2. The Morgan fingerprint density at radius 3 is 2.14 bits per heavy atom. The molecule has 2 aromatic rings. The Kier molecular flexibility index (Phi) is 16.0. The number of aliphatic hydroxyl groups excluding tert-OH is 1. The molecule has 0 radical (unpaired) electrons. The van der Waals surface area contributed by atoms with Crippen LogP contribution >= 0.6 is 11.8 Å². The molecule has 1 N–H and O–H groups in total. The minimum atomic E-state index is -1.85. The van der Waals surface area contributed by atoms with Gasteiger partial charge in [0.1, 0.15) is 6.61 Å². The summed E-state index contributed by atoms with van der Waals surface area (Å²) in [7, 11) is 3.95. The highest BCUT2D eigenvalue weighted by Gasteiger charge is 2.54. The number of amides is 2. The Labute approximate surface area is 338 Å². The van der Waals surface area contributed by atoms with Gasteiger partial charge in [0.2, 0.25) is 6.10 Å². The molecule has 6 atom stereocenters. The molecule has 312 valence electrons. The molecule has 0 aliphatic carbocycles. The number of nitrogens with zero attached hydrogens (tertiary/aromatic N) is 2. The van der Waals surface area contributed by atoms with Crippen molar-refractivity contribution in [1.29, 1.82) is 0 Å². The lowest BCUT2D eigenvalue weighted by molar-refractivity contribution is -0.196. The summed E-state index contributed by atoms with van der Waals surface area (Å²) >= 11 is 1.79. The molecule has 1 saturated heterocycles. The summed E-state index contributed by atoms with van der Waals surface area (Å²) in [6.45, 7) is 7.92. The van der Waals surface area contributed by atoms with Crippen molar-refractivity contribution in [3.05, 3.63) is 53.6 Å². The molecular formula is C42H56N2O12S. The largest absolute Gasteiger partial charge is 0.462 e. The van der Waals surface area contributed by atoms with Gasteiger partial charge in [-0.2, -0.15) is 0 Å². The lowest BCUT2D eigenvalue weighted by Crippen LogP contribution is -2.54. The second kappa shape index (κ2) is 20.2. The highest BCUT2D eigenvalue weighted by atomic mass is 32.2. The molecule has 14 nitrogen and oxygen atoms in total. The number of esters is 4. The standard InChI is InChI=1S/C42H56N2O12S/c1-9-11-18-42(19-12-10-2)24-57-35-17-16-30(43(7)8)22-32(35)33(39(42)49)21-29-14-13-15-31(20-29)44-40(50)38(56-41(44)51)37(55-28(6)48)36(54-27(5)47)34(53-26(4)46)23-52-25(3)45/h13-17,20,22,33-34,36-39,49H,9-12,18-19,21,23-24H2,1-8H3/t33-,34?,36-,37+,38-,39-/m1/s1. The van der Waals surface area contributed by atoms with Crippen LogP contribution in [0.2, 0.25) is 0 Å². The lowest BCUT2D eigenvalue weighted by atomic mass is 9.68. The lowest BCUT2D eigenvalue weighted by Gasteiger charge is -2.40. The predicted octanol–water partition coefficient (Wildman–Crippen LogP) is 6.12. The normalized spacial score (nSPS) is 20.3. The molecule has 2 aromatic carbocycles. The van der Waals surface area contributed by atoms with Gasteiger partial charge in [0.25, 0.3) is 5.91 Å². The number of hydrogen-bond acceptors (Lipinski definition) is 14. The number of unbranched alkanes of at least 4 members (excludes halogenated alkanes) is 2. The van der Waals surface area contributed by atoms with Crippen LogP contribution in [0.4, 0.5) is 16.2 Å². The van der Waals surface area contributed by atoms with Crippen LogP contribution in [0.15, 0.2) is 47.4 Å². The zero-order valence-corrected chi connectivity index (χ0v) is 34.9. The molecular weight excluding hydrogens is 757 g/mol. The predicted molar refractivity (Wildman–Crippen MR) is 213 cm³/mol. The van der Waals surface area contributed by atoms with Crippen molar-refractivity contribution >= 4 is 59.0 Å². The van der Waals surface area contributed by atoms with Crippen LogP contribution in [0.25, 0.3) is 0 Å². The fourth-order valence-corrected chi connectivity index (χ4v) is 9.02. The molecule has 2 aliphatic rings. The Morgan fingerprint density at radius 2 is 1.56 bits per heavy atom. The van der Waals surface area contributed by atoms with Crippen LogP contribution < -0.4 is 9.80 Å². The van der Waals surface area contributed by atoms with Crippen LogP contribution in [-0.2, 0) is 54.1 Å². The van der Waals surface area contributed by atoms with Crippen LogP contribution in [0, 0.1) is 5.41 Å². The number of carbonyl (C=O) groups is 6. The van der Waals surface area contributed by atoms with Crippen molar-refractivity contribution in [2.24, 2.45) is 5.41 Å². The number of ether oxygens (including phenoxy) is 5. The van der Waals surface area contributed by atoms with E-state index in [1.807, 2.05) is 25.1 Å². The van der Waals surface area contributed by atoms with Crippen molar-refractivity contribution < 1.29 is 57.6 Å². The number of imide groups is 1. The highest BCUT2D eigenvalue weighted by Crippen LogP contribution is 2.51. The Balaban J connectivity index is 1.74. The summed E-state index contributed by atoms with van der Waals surface area (Å²) in [6.07, 6.45) is -2.56. The molecule has 0 bridgehead atoms. The smallest absolute Gasteiger partial charge is 0.422 e. The summed E-state index contributed by atoms with van der Waals surface area (Å²) in [5.74, 6) is -3.93. The number of anilines is 2. The van der Waals surface area contributed by atoms with Crippen molar-refractivity contribution in [3.63, 3.8) is 0 Å². The van der Waals surface area contributed by atoms with E-state index in [-0.39, 0.29) is 17.0 Å². The van der Waals surface area contributed by atoms with Crippen molar-refractivity contribution in [3.8, 4) is 0 Å². The summed E-state index contributed by atoms with van der Waals surface area (Å²) < 4.78 is 26.7. The maximum Gasteiger partial charge on any atom is 0.422 e. The molecule has 4 rings (SSSR count). The number of aliphatic hydroxyl groups is 1. The third-order valence-electron chi connectivity index (χ3n) is 10.3. The van der Waals surface area contributed by atoms with E-state index in [9.17, 15) is 33.9 Å². The second-order valence-corrected chi connectivity index (χ2v) is 16.0. The average Bonchev–Trinajstić information content (AvgIpc) is 3.39. The first-order valence-corrected chi connectivity index (χ1v) is 20.4. The van der Waals surface area contributed by atoms with Crippen molar-refractivity contribution in [2.45, 2.75) is 128 Å². The average molecular weight is 813 g/mol. The Hall–Kier alpha value is -4.63. The van der Waals surface area contributed by atoms with E-state index in [0.29, 0.717) is 6.42 Å². The highest BCUT2D eigenvalue weighted by molar-refractivity contribution is 7.99. The van der Waals surface area contributed by atoms with Gasteiger partial charge in [0.15, 0.2) is 18.3 Å². The van der Waals surface area contributed by atoms with Crippen LogP contribution in [-0.4, -0.2) is 98.0 Å². The molecule has 2 amide bonds. The van der Waals surface area contributed by atoms with Crippen LogP contribution in [0.5, 0.6) is 0 Å². The van der Waals surface area contributed by atoms with Gasteiger partial charge in [0, 0.05) is 69.5 Å². The summed E-state index contributed by atoms with van der Waals surface area (Å²) in [4.78, 5) is 80.2. The second-order valence-electron chi connectivity index (χ2n) is 15.0. The van der Waals surface area contributed by atoms with E-state index in [1.165, 1.54) is 0 Å². The zero-order chi connectivity index (χ0) is 42.0. The minimum absolute atomic E-state index is 0.162. The topological polar surface area (TPSA) is 175 Å². The fraction of sp³-hybridized carbons (Fsp3) is 0.571. The van der Waals surface area contributed by atoms with Gasteiger partial charge in [-0.1, -0.05) is 51.7 Å². The minimum Gasteiger partial charge on any atom is -0.462 e. The maximum atomic E-state index is 14.2. The number of thioether (sulfide) groups is 1. The first-order chi connectivity index (χ1) is 27.0. The first kappa shape index (κ1) is 45.1. The van der Waals surface area contributed by atoms with E-state index in [0.717, 1.165) is 98.6 Å². The molecule has 0 saturated carbocycles. The molecule has 0 spiro atoms. The van der Waals surface area contributed by atoms with E-state index in [1.54, 1.807) is 30.0 Å². The molecule has 1 fully saturated rings. The third kappa shape index (κ3) is 11.3. The van der Waals surface area contributed by atoms with Gasteiger partial charge in [0.05, 0.1) is 11.8 Å². The van der Waals surface area contributed by atoms with Gasteiger partial charge in [-0.05, 0) is 60.7 Å². The number of hydrogen-bond donors (Lipinski definition) is 1. The summed E-state index contributed by atoms with van der Waals surface area (Å²) in [6, 6.07) is 13.2. The first-order valence-electron chi connectivity index (χ1n) is 19.4. The number of benzene rings is 2. The molecule has 2 heterocycles. The summed E-state index contributed by atoms with van der Waals surface area (Å²) in [5, 5.41) is 12.6. The van der Waals surface area contributed by atoms with E-state index in [4.69, 9.17) is 23.7 Å². The van der Waals surface area contributed by atoms with E-state index in [2.05, 4.69) is 32.0 Å². The zero-order valence-electron chi connectivity index (χ0n) is 34.1. The van der Waals surface area contributed by atoms with Gasteiger partial charge in [-0.3, -0.25) is 24.0 Å². The van der Waals surface area contributed by atoms with Gasteiger partial charge in [-0.15, -0.1) is 11.8 Å². The molecule has 15 heteroatoms. The quantitative estimate of drug-likeness (QED) is 0.135. The van der Waals surface area contributed by atoms with Gasteiger partial charge in [-0.25, -0.2) is 9.69 Å². The molecule has 2 aliphatic heterocycles. The van der Waals surface area contributed by atoms with Gasteiger partial charge >= 0.3 is 30.0 Å². The van der Waals surface area contributed by atoms with E-state index < -0.39 is 73.0 Å². The van der Waals surface area contributed by atoms with Crippen LogP contribution in [0.1, 0.15) is 97.1 Å². The summed E-state index contributed by atoms with van der Waals surface area (Å²) in [5.41, 5.74) is 2.62. The SMILES string of the molecule is CCCCC1(CCCC)CSc2ccc(N(C)C)cc2[C@@H](Cc2cccc(N3C(=O)O[C@H]([C@@H](OC(C)=O)[C@H](OC(C)=O)C(COC(C)=O)OC(C)=O)C3=O)c2)[C@H]1O. The van der Waals surface area contributed by atoms with Crippen molar-refractivity contribution in [1.82, 2.24) is 0 Å². The fourth-order valence-electron chi connectivity index (χ4n) is 7.58. The van der Waals surface area contributed by atoms with E-state index >= 15 is 0 Å². The van der Waals surface area contributed by atoms with Gasteiger partial charge < -0.3 is 33.7 Å². The third-order valence-corrected chi connectivity index (χ3v) is 11.8. The van der Waals surface area contributed by atoms with Crippen LogP contribution in [0.3, 0.4) is 0 Å². The number of rotatable bonds is 18. The molecule has 0 aromatic heterocycles. The van der Waals surface area contributed by atoms with Crippen molar-refractivity contribution in [2.75, 3.05) is 36.3 Å². The number of fused-ring (bicyclic) bond motifs is 1.